The first-order valence-corrected chi connectivity index (χ1v) is 4.42. The Morgan fingerprint density at radius 1 is 1.62 bits per heavy atom. The molecule has 0 aliphatic rings. The Morgan fingerprint density at radius 2 is 2.23 bits per heavy atom. The van der Waals surface area contributed by atoms with E-state index in [2.05, 4.69) is 4.74 Å². The third-order valence-electron chi connectivity index (χ3n) is 1.56. The second-order valence-electron chi connectivity index (χ2n) is 2.53. The summed E-state index contributed by atoms with van der Waals surface area (Å²) in [4.78, 5) is 11.5. The maximum atomic E-state index is 11.1. The van der Waals surface area contributed by atoms with Crippen molar-refractivity contribution in [2.75, 3.05) is 7.11 Å². The van der Waals surface area contributed by atoms with E-state index in [0.29, 0.717) is 15.2 Å². The molecule has 2 N–H and O–H groups in total. The highest BCUT2D eigenvalue weighted by molar-refractivity contribution is 7.23. The number of hydrogen-bond donors (Lipinski definition) is 2. The van der Waals surface area contributed by atoms with E-state index in [4.69, 9.17) is 10.0 Å². The molecule has 0 bridgehead atoms. The molecule has 0 saturated carbocycles. The minimum Gasteiger partial charge on any atom is -0.465 e. The van der Waals surface area contributed by atoms with E-state index in [-0.39, 0.29) is 0 Å². The van der Waals surface area contributed by atoms with Crippen LogP contribution in [0.1, 0.15) is 15.2 Å². The van der Waals surface area contributed by atoms with Gasteiger partial charge in [-0.2, -0.15) is 0 Å². The number of methoxy groups -OCH3 is 1. The van der Waals surface area contributed by atoms with Crippen molar-refractivity contribution in [2.45, 2.75) is 6.92 Å². The lowest BCUT2D eigenvalue weighted by Gasteiger charge is -1.94. The largest absolute Gasteiger partial charge is 0.499 e. The fourth-order valence-corrected chi connectivity index (χ4v) is 1.89. The van der Waals surface area contributed by atoms with Gasteiger partial charge in [0.2, 0.25) is 0 Å². The highest BCUT2D eigenvalue weighted by Gasteiger charge is 2.20. The maximum Gasteiger partial charge on any atom is 0.499 e. The monoisotopic (exact) mass is 200 g/mol. The van der Waals surface area contributed by atoms with Crippen LogP contribution >= 0.6 is 11.3 Å². The highest BCUT2D eigenvalue weighted by Crippen LogP contribution is 2.14. The third kappa shape index (κ3) is 2.09. The van der Waals surface area contributed by atoms with Gasteiger partial charge >= 0.3 is 13.1 Å². The summed E-state index contributed by atoms with van der Waals surface area (Å²) in [7, 11) is -0.238. The number of rotatable bonds is 2. The van der Waals surface area contributed by atoms with Crippen LogP contribution in [0.15, 0.2) is 6.07 Å². The van der Waals surface area contributed by atoms with Crippen LogP contribution in [-0.4, -0.2) is 30.2 Å². The number of carbonyl (C=O) groups is 1. The van der Waals surface area contributed by atoms with E-state index in [9.17, 15) is 4.79 Å². The first-order chi connectivity index (χ1) is 6.06. The van der Waals surface area contributed by atoms with Crippen LogP contribution in [0.5, 0.6) is 0 Å². The zero-order valence-electron chi connectivity index (χ0n) is 7.27. The molecule has 0 unspecified atom stereocenters. The average molecular weight is 200 g/mol. The van der Waals surface area contributed by atoms with E-state index in [1.165, 1.54) is 7.11 Å². The summed E-state index contributed by atoms with van der Waals surface area (Å²) >= 11 is 1.03. The van der Waals surface area contributed by atoms with Gasteiger partial charge < -0.3 is 14.8 Å². The second-order valence-corrected chi connectivity index (χ2v) is 3.61. The summed E-state index contributed by atoms with van der Waals surface area (Å²) in [6.07, 6.45) is 0. The zero-order valence-corrected chi connectivity index (χ0v) is 8.09. The van der Waals surface area contributed by atoms with Crippen LogP contribution in [-0.2, 0) is 4.74 Å². The van der Waals surface area contributed by atoms with E-state index in [0.717, 1.165) is 11.3 Å². The predicted molar refractivity (Wildman–Crippen MR) is 50.2 cm³/mol. The van der Waals surface area contributed by atoms with Gasteiger partial charge in [-0.1, -0.05) is 0 Å². The Balaban J connectivity index is 3.03. The van der Waals surface area contributed by atoms with Crippen molar-refractivity contribution >= 4 is 29.2 Å². The van der Waals surface area contributed by atoms with Crippen molar-refractivity contribution in [1.29, 1.82) is 0 Å². The summed E-state index contributed by atoms with van der Waals surface area (Å²) in [6.45, 7) is 1.72. The Hall–Kier alpha value is -0.845. The molecule has 0 amide bonds. The van der Waals surface area contributed by atoms with Gasteiger partial charge in [-0.25, -0.2) is 4.79 Å². The Morgan fingerprint density at radius 3 is 2.62 bits per heavy atom. The molecule has 0 aliphatic carbocycles. The Labute approximate surface area is 79.9 Å². The molecule has 13 heavy (non-hydrogen) atoms. The van der Waals surface area contributed by atoms with Crippen molar-refractivity contribution in [3.63, 3.8) is 0 Å². The molecular weight excluding hydrogens is 191 g/mol. The Bertz CT molecular complexity index is 320. The van der Waals surface area contributed by atoms with Crippen molar-refractivity contribution in [3.8, 4) is 0 Å². The quantitative estimate of drug-likeness (QED) is 0.500. The minimum atomic E-state index is -1.53. The van der Waals surface area contributed by atoms with Crippen LogP contribution in [0.4, 0.5) is 0 Å². The molecule has 1 heterocycles. The third-order valence-corrected chi connectivity index (χ3v) is 2.82. The fourth-order valence-electron chi connectivity index (χ4n) is 0.929. The van der Waals surface area contributed by atoms with E-state index < -0.39 is 13.1 Å². The normalized spacial score (nSPS) is 9.85. The van der Waals surface area contributed by atoms with Crippen LogP contribution < -0.4 is 4.78 Å². The zero-order chi connectivity index (χ0) is 10.0. The number of esters is 1. The van der Waals surface area contributed by atoms with Crippen LogP contribution in [0.25, 0.3) is 0 Å². The van der Waals surface area contributed by atoms with Gasteiger partial charge in [0.25, 0.3) is 0 Å². The van der Waals surface area contributed by atoms with Gasteiger partial charge in [0.1, 0.15) is 4.88 Å². The first kappa shape index (κ1) is 10.2. The summed E-state index contributed by atoms with van der Waals surface area (Å²) < 4.78 is 4.86. The molecule has 0 atom stereocenters. The maximum absolute atomic E-state index is 11.1. The van der Waals surface area contributed by atoms with Gasteiger partial charge in [0.15, 0.2) is 0 Å². The molecule has 70 valence electrons. The second kappa shape index (κ2) is 3.91. The van der Waals surface area contributed by atoms with Crippen molar-refractivity contribution in [3.05, 3.63) is 16.5 Å². The molecular formula is C7H9BO4S. The Kier molecular flexibility index (Phi) is 3.08. The van der Waals surface area contributed by atoms with Crippen molar-refractivity contribution < 1.29 is 19.6 Å². The van der Waals surface area contributed by atoms with Crippen LogP contribution in [0, 0.1) is 6.92 Å². The van der Waals surface area contributed by atoms with Crippen LogP contribution in [0.2, 0.25) is 0 Å². The summed E-state index contributed by atoms with van der Waals surface area (Å²) in [6, 6.07) is 1.56. The van der Waals surface area contributed by atoms with Gasteiger partial charge in [-0.15, -0.1) is 11.3 Å². The van der Waals surface area contributed by atoms with Crippen molar-refractivity contribution in [1.82, 2.24) is 0 Å². The minimum absolute atomic E-state index is 0.345. The molecule has 4 nitrogen and oxygen atoms in total. The van der Waals surface area contributed by atoms with Crippen molar-refractivity contribution in [2.24, 2.45) is 0 Å². The molecule has 1 rings (SSSR count). The average Bonchev–Trinajstić information content (AvgIpc) is 2.46. The smallest absolute Gasteiger partial charge is 0.465 e. The molecule has 0 radical (unpaired) electrons. The highest BCUT2D eigenvalue weighted by atomic mass is 32.1. The standard InChI is InChI=1S/C7H9BO4S/c1-4-3-5(8(10)11)13-6(4)7(9)12-2/h3,10-11H,1-2H3. The lowest BCUT2D eigenvalue weighted by atomic mass is 9.89. The molecule has 0 aliphatic heterocycles. The summed E-state index contributed by atoms with van der Waals surface area (Å²) in [5, 5.41) is 17.7. The molecule has 0 aromatic carbocycles. The fraction of sp³-hybridized carbons (Fsp3) is 0.286. The molecule has 1 aromatic rings. The molecule has 0 saturated heterocycles. The van der Waals surface area contributed by atoms with Gasteiger partial charge in [-0.3, -0.25) is 0 Å². The molecule has 0 spiro atoms. The van der Waals surface area contributed by atoms with E-state index in [1.54, 1.807) is 13.0 Å². The predicted octanol–water partition coefficient (Wildman–Crippen LogP) is -0.477. The first-order valence-electron chi connectivity index (χ1n) is 3.61. The number of ether oxygens (including phenoxy) is 1. The van der Waals surface area contributed by atoms with Gasteiger partial charge in [0, 0.05) is 4.78 Å². The number of thiophene rings is 1. The molecule has 6 heteroatoms. The number of carbonyl (C=O) groups excluding carboxylic acids is 1. The molecule has 1 aromatic heterocycles. The molecule has 0 fully saturated rings. The number of aryl methyl sites for hydroxylation is 1. The lowest BCUT2D eigenvalue weighted by Crippen LogP contribution is -2.26. The van der Waals surface area contributed by atoms with Gasteiger partial charge in [-0.05, 0) is 18.6 Å². The topological polar surface area (TPSA) is 66.8 Å². The summed E-state index contributed by atoms with van der Waals surface area (Å²) in [5.74, 6) is -0.450. The lowest BCUT2D eigenvalue weighted by molar-refractivity contribution is 0.0605. The number of hydrogen-bond acceptors (Lipinski definition) is 5. The SMILES string of the molecule is COC(=O)c1sc(B(O)O)cc1C. The van der Waals surface area contributed by atoms with E-state index in [1.807, 2.05) is 0 Å². The van der Waals surface area contributed by atoms with Gasteiger partial charge in [0.05, 0.1) is 7.11 Å². The van der Waals surface area contributed by atoms with E-state index >= 15 is 0 Å². The summed E-state index contributed by atoms with van der Waals surface area (Å²) in [5.41, 5.74) is 0.694. The van der Waals surface area contributed by atoms with Crippen LogP contribution in [0.3, 0.4) is 0 Å².